The molecule has 4 unspecified atom stereocenters. The standard InChI is InChI=1S/C8H15NO6/c1-3(11)9-8-7(14)6(13)5(12)4(2-10)15-8/h4-8,10,12-14H,2H2,1H3,(H,9,11)/t4?,5?,6?,7?,8-/m1/s1. The molecule has 1 saturated heterocycles. The van der Waals surface area contributed by atoms with Crippen LogP contribution >= 0.6 is 0 Å². The van der Waals surface area contributed by atoms with Gasteiger partial charge < -0.3 is 30.5 Å². The number of rotatable bonds is 2. The van der Waals surface area contributed by atoms with Gasteiger partial charge in [-0.1, -0.05) is 0 Å². The topological polar surface area (TPSA) is 119 Å². The van der Waals surface area contributed by atoms with Gasteiger partial charge in [-0.25, -0.2) is 0 Å². The van der Waals surface area contributed by atoms with Crippen LogP contribution in [-0.2, 0) is 9.53 Å². The van der Waals surface area contributed by atoms with Gasteiger partial charge in [0, 0.05) is 6.92 Å². The number of hydrogen-bond donors (Lipinski definition) is 5. The Morgan fingerprint density at radius 2 is 1.87 bits per heavy atom. The van der Waals surface area contributed by atoms with Gasteiger partial charge in [0.25, 0.3) is 0 Å². The first-order chi connectivity index (χ1) is 6.97. The summed E-state index contributed by atoms with van der Waals surface area (Å²) in [4.78, 5) is 10.7. The van der Waals surface area contributed by atoms with Crippen LogP contribution in [0, 0.1) is 0 Å². The molecule has 7 nitrogen and oxygen atoms in total. The van der Waals surface area contributed by atoms with Crippen LogP contribution in [-0.4, -0.2) is 63.6 Å². The van der Waals surface area contributed by atoms with Crippen molar-refractivity contribution in [2.75, 3.05) is 6.61 Å². The van der Waals surface area contributed by atoms with E-state index in [2.05, 4.69) is 5.32 Å². The largest absolute Gasteiger partial charge is 0.394 e. The van der Waals surface area contributed by atoms with Crippen LogP contribution in [0.15, 0.2) is 0 Å². The van der Waals surface area contributed by atoms with Gasteiger partial charge in [0.15, 0.2) is 6.23 Å². The third-order valence-corrected chi connectivity index (χ3v) is 2.24. The Labute approximate surface area is 86.3 Å². The van der Waals surface area contributed by atoms with E-state index in [0.717, 1.165) is 0 Å². The summed E-state index contributed by atoms with van der Waals surface area (Å²) in [6.45, 7) is 0.711. The van der Waals surface area contributed by atoms with Crippen molar-refractivity contribution in [3.63, 3.8) is 0 Å². The zero-order chi connectivity index (χ0) is 11.6. The highest BCUT2D eigenvalue weighted by molar-refractivity contribution is 5.73. The smallest absolute Gasteiger partial charge is 0.218 e. The molecule has 1 rings (SSSR count). The highest BCUT2D eigenvalue weighted by Crippen LogP contribution is 2.19. The Hall–Kier alpha value is -0.730. The van der Waals surface area contributed by atoms with Gasteiger partial charge in [-0.15, -0.1) is 0 Å². The van der Waals surface area contributed by atoms with Gasteiger partial charge in [-0.3, -0.25) is 4.79 Å². The SMILES string of the molecule is CC(=O)N[C@@H]1OC(CO)C(O)C(O)C1O. The molecule has 0 bridgehead atoms. The minimum absolute atomic E-state index is 0.445. The first kappa shape index (κ1) is 12.3. The predicted molar refractivity (Wildman–Crippen MR) is 47.6 cm³/mol. The average molecular weight is 221 g/mol. The van der Waals surface area contributed by atoms with Crippen LogP contribution in [0.4, 0.5) is 0 Å². The van der Waals surface area contributed by atoms with Gasteiger partial charge in [-0.05, 0) is 0 Å². The summed E-state index contributed by atoms with van der Waals surface area (Å²) in [5.74, 6) is -0.445. The van der Waals surface area contributed by atoms with Crippen molar-refractivity contribution in [1.82, 2.24) is 5.32 Å². The molecular formula is C8H15NO6. The lowest BCUT2D eigenvalue weighted by molar-refractivity contribution is -0.235. The Kier molecular flexibility index (Phi) is 4.00. The Balaban J connectivity index is 2.69. The maximum Gasteiger partial charge on any atom is 0.218 e. The van der Waals surface area contributed by atoms with Crippen LogP contribution in [0.3, 0.4) is 0 Å². The van der Waals surface area contributed by atoms with Crippen molar-refractivity contribution in [3.8, 4) is 0 Å². The fraction of sp³-hybridized carbons (Fsp3) is 0.875. The van der Waals surface area contributed by atoms with Crippen molar-refractivity contribution in [2.45, 2.75) is 37.6 Å². The van der Waals surface area contributed by atoms with E-state index in [4.69, 9.17) is 9.84 Å². The second kappa shape index (κ2) is 4.86. The Bertz CT molecular complexity index is 233. The molecule has 1 amide bonds. The summed E-state index contributed by atoms with van der Waals surface area (Å²) < 4.78 is 5.00. The minimum Gasteiger partial charge on any atom is -0.394 e. The van der Waals surface area contributed by atoms with E-state index in [1.54, 1.807) is 0 Å². The number of aliphatic hydroxyl groups is 4. The normalized spacial score (nSPS) is 41.3. The second-order valence-corrected chi connectivity index (χ2v) is 3.45. The molecule has 7 heteroatoms. The molecule has 88 valence electrons. The van der Waals surface area contributed by atoms with Crippen molar-refractivity contribution in [1.29, 1.82) is 0 Å². The van der Waals surface area contributed by atoms with Crippen LogP contribution in [0.1, 0.15) is 6.92 Å². The van der Waals surface area contributed by atoms with Crippen LogP contribution in [0.25, 0.3) is 0 Å². The van der Waals surface area contributed by atoms with Crippen molar-refractivity contribution in [2.24, 2.45) is 0 Å². The molecule has 1 aliphatic heterocycles. The van der Waals surface area contributed by atoms with E-state index in [1.165, 1.54) is 6.92 Å². The number of nitrogens with one attached hydrogen (secondary N) is 1. The molecule has 0 spiro atoms. The summed E-state index contributed by atoms with van der Waals surface area (Å²) in [5, 5.41) is 39.3. The van der Waals surface area contributed by atoms with Gasteiger partial charge in [0.05, 0.1) is 6.61 Å². The molecule has 1 fully saturated rings. The number of aliphatic hydroxyl groups excluding tert-OH is 4. The van der Waals surface area contributed by atoms with Crippen molar-refractivity contribution in [3.05, 3.63) is 0 Å². The van der Waals surface area contributed by atoms with Crippen LogP contribution < -0.4 is 5.32 Å². The maximum atomic E-state index is 10.7. The molecule has 0 saturated carbocycles. The highest BCUT2D eigenvalue weighted by Gasteiger charge is 2.43. The molecule has 5 atom stereocenters. The van der Waals surface area contributed by atoms with E-state index in [0.29, 0.717) is 0 Å². The average Bonchev–Trinajstić information content (AvgIpc) is 2.18. The molecule has 0 aliphatic carbocycles. The van der Waals surface area contributed by atoms with E-state index in [-0.39, 0.29) is 0 Å². The second-order valence-electron chi connectivity index (χ2n) is 3.45. The Morgan fingerprint density at radius 3 is 2.33 bits per heavy atom. The van der Waals surface area contributed by atoms with Gasteiger partial charge in [0.2, 0.25) is 5.91 Å². The number of amides is 1. The lowest BCUT2D eigenvalue weighted by atomic mass is 9.98. The highest BCUT2D eigenvalue weighted by atomic mass is 16.6. The van der Waals surface area contributed by atoms with E-state index in [1.807, 2.05) is 0 Å². The zero-order valence-electron chi connectivity index (χ0n) is 8.20. The quantitative estimate of drug-likeness (QED) is 0.337. The van der Waals surface area contributed by atoms with E-state index < -0.39 is 43.2 Å². The molecule has 0 radical (unpaired) electrons. The lowest BCUT2D eigenvalue weighted by Gasteiger charge is -2.39. The monoisotopic (exact) mass is 221 g/mol. The number of carbonyl (C=O) groups excluding carboxylic acids is 1. The summed E-state index contributed by atoms with van der Waals surface area (Å²) in [6, 6.07) is 0. The maximum absolute atomic E-state index is 10.7. The fourth-order valence-electron chi connectivity index (χ4n) is 1.42. The van der Waals surface area contributed by atoms with Crippen LogP contribution in [0.5, 0.6) is 0 Å². The van der Waals surface area contributed by atoms with E-state index in [9.17, 15) is 20.1 Å². The van der Waals surface area contributed by atoms with Gasteiger partial charge in [0.1, 0.15) is 24.4 Å². The first-order valence-corrected chi connectivity index (χ1v) is 4.55. The molecular weight excluding hydrogens is 206 g/mol. The number of carbonyl (C=O) groups is 1. The van der Waals surface area contributed by atoms with Gasteiger partial charge in [-0.2, -0.15) is 0 Å². The molecule has 15 heavy (non-hydrogen) atoms. The summed E-state index contributed by atoms with van der Waals surface area (Å²) in [7, 11) is 0. The number of hydrogen-bond acceptors (Lipinski definition) is 6. The van der Waals surface area contributed by atoms with E-state index >= 15 is 0 Å². The molecule has 1 heterocycles. The fourth-order valence-corrected chi connectivity index (χ4v) is 1.42. The molecule has 0 aromatic rings. The third-order valence-electron chi connectivity index (χ3n) is 2.24. The predicted octanol–water partition coefficient (Wildman–Crippen LogP) is -3.08. The van der Waals surface area contributed by atoms with Crippen molar-refractivity contribution < 1.29 is 30.0 Å². The molecule has 0 aromatic heterocycles. The summed E-state index contributed by atoms with van der Waals surface area (Å²) >= 11 is 0. The van der Waals surface area contributed by atoms with Crippen LogP contribution in [0.2, 0.25) is 0 Å². The van der Waals surface area contributed by atoms with Crippen molar-refractivity contribution >= 4 is 5.91 Å². The third kappa shape index (κ3) is 2.64. The lowest BCUT2D eigenvalue weighted by Crippen LogP contribution is -2.63. The first-order valence-electron chi connectivity index (χ1n) is 4.55. The summed E-state index contributed by atoms with van der Waals surface area (Å²) in [5.41, 5.74) is 0. The zero-order valence-corrected chi connectivity index (χ0v) is 8.20. The van der Waals surface area contributed by atoms with Gasteiger partial charge >= 0.3 is 0 Å². The summed E-state index contributed by atoms with van der Waals surface area (Å²) in [6.07, 6.45) is -6.42. The molecule has 5 N–H and O–H groups in total. The molecule has 1 aliphatic rings. The minimum atomic E-state index is -1.47. The number of ether oxygens (including phenoxy) is 1. The Morgan fingerprint density at radius 1 is 1.27 bits per heavy atom. The molecule has 0 aromatic carbocycles.